The Kier molecular flexibility index (Phi) is 9.11. The van der Waals surface area contributed by atoms with Crippen LogP contribution in [0.3, 0.4) is 0 Å². The number of likely N-dealkylation sites (tertiary alicyclic amines) is 1. The highest BCUT2D eigenvalue weighted by atomic mass is 35.5. The number of benzene rings is 3. The number of fused-ring (bicyclic) bond motifs is 7. The number of ketones is 1. The van der Waals surface area contributed by atoms with Gasteiger partial charge in [0.1, 0.15) is 11.4 Å². The van der Waals surface area contributed by atoms with Gasteiger partial charge in [-0.2, -0.15) is 5.10 Å². The summed E-state index contributed by atoms with van der Waals surface area (Å²) in [5.74, 6) is -0.994. The third-order valence-corrected chi connectivity index (χ3v) is 11.6. The molecule has 0 radical (unpaired) electrons. The van der Waals surface area contributed by atoms with Crippen LogP contribution in [-0.2, 0) is 26.2 Å². The first kappa shape index (κ1) is 34.1. The molecule has 1 saturated heterocycles. The van der Waals surface area contributed by atoms with Gasteiger partial charge < -0.3 is 14.8 Å². The maximum Gasteiger partial charge on any atom is 0.250 e. The molecule has 8 rings (SSSR count). The number of Topliss-reactive ketones (excluding diaryl/α,β-unsaturated/α-hetero) is 1. The number of amides is 1. The second kappa shape index (κ2) is 13.1. The van der Waals surface area contributed by atoms with E-state index in [-0.39, 0.29) is 42.1 Å². The summed E-state index contributed by atoms with van der Waals surface area (Å²) in [5.41, 5.74) is 2.91. The Morgan fingerprint density at radius 3 is 2.59 bits per heavy atom. The zero-order chi connectivity index (χ0) is 33.3. The highest BCUT2D eigenvalue weighted by Crippen LogP contribution is 2.64. The Labute approximate surface area is 295 Å². The monoisotopic (exact) mass is 706 g/mol. The predicted molar refractivity (Wildman–Crippen MR) is 189 cm³/mol. The third-order valence-electron chi connectivity index (χ3n) is 11.1. The summed E-state index contributed by atoms with van der Waals surface area (Å²) in [6.45, 7) is 1.56. The Hall–Kier alpha value is -3.34. The van der Waals surface area contributed by atoms with E-state index in [9.17, 15) is 9.59 Å². The maximum atomic E-state index is 16.3. The molecular weight excluding hydrogens is 666 g/mol. The number of methoxy groups -OCH3 is 2. The minimum Gasteiger partial charge on any atom is -0.384 e. The lowest BCUT2D eigenvalue weighted by Crippen LogP contribution is -2.54. The van der Waals surface area contributed by atoms with E-state index in [0.29, 0.717) is 65.9 Å². The third kappa shape index (κ3) is 5.23. The highest BCUT2D eigenvalue weighted by Gasteiger charge is 2.69. The van der Waals surface area contributed by atoms with Gasteiger partial charge in [0, 0.05) is 84.4 Å². The molecule has 1 spiro atoms. The molecule has 0 bridgehead atoms. The summed E-state index contributed by atoms with van der Waals surface area (Å²) in [5, 5.41) is 9.75. The van der Waals surface area contributed by atoms with Gasteiger partial charge in [0.2, 0.25) is 5.91 Å². The smallest absolute Gasteiger partial charge is 0.250 e. The first-order chi connectivity index (χ1) is 23.3. The molecule has 8 nitrogen and oxygen atoms in total. The molecular formula is C38H41Cl2FN4O4. The number of ether oxygens (including phenoxy) is 2. The molecule has 4 atom stereocenters. The summed E-state index contributed by atoms with van der Waals surface area (Å²) >= 11 is 12.9. The van der Waals surface area contributed by atoms with Crippen molar-refractivity contribution in [2.75, 3.05) is 39.3 Å². The Morgan fingerprint density at radius 1 is 1.10 bits per heavy atom. The summed E-state index contributed by atoms with van der Waals surface area (Å²) in [7, 11) is 3.23. The number of carbonyl (C=O) groups is 2. The largest absolute Gasteiger partial charge is 0.384 e. The lowest BCUT2D eigenvalue weighted by molar-refractivity contribution is -0.128. The molecule has 258 valence electrons. The van der Waals surface area contributed by atoms with Crippen LogP contribution in [-0.4, -0.2) is 66.4 Å². The number of aromatic nitrogens is 2. The SMILES string of the molecule is C.COCC(COC)CC(=O)c1ccc2c3n(nc2c1)[C@@H]1[C@H](C3)N(CC2CCC2)[C@@]2(C(=O)Nc3cc(Cl)ccc32)[C@H]1c1cccc(Cl)c1F. The van der Waals surface area contributed by atoms with E-state index >= 15 is 4.39 Å². The normalized spacial score (nSPS) is 24.2. The van der Waals surface area contributed by atoms with Crippen LogP contribution in [0.5, 0.6) is 0 Å². The van der Waals surface area contributed by atoms with Crippen LogP contribution in [0.15, 0.2) is 54.6 Å². The molecule has 4 aliphatic rings. The van der Waals surface area contributed by atoms with Crippen LogP contribution in [0, 0.1) is 17.7 Å². The van der Waals surface area contributed by atoms with Crippen LogP contribution in [0.1, 0.15) is 72.2 Å². The first-order valence-corrected chi connectivity index (χ1v) is 17.4. The van der Waals surface area contributed by atoms with Gasteiger partial charge in [0.25, 0.3) is 0 Å². The van der Waals surface area contributed by atoms with Crippen molar-refractivity contribution >= 4 is 51.5 Å². The topological polar surface area (TPSA) is 85.7 Å². The quantitative estimate of drug-likeness (QED) is 0.169. The molecule has 1 N–H and O–H groups in total. The van der Waals surface area contributed by atoms with Gasteiger partial charge in [-0.1, -0.05) is 67.4 Å². The second-order valence-corrected chi connectivity index (χ2v) is 14.6. The highest BCUT2D eigenvalue weighted by molar-refractivity contribution is 6.31. The lowest BCUT2D eigenvalue weighted by atomic mass is 9.73. The van der Waals surface area contributed by atoms with Crippen LogP contribution in [0.4, 0.5) is 10.1 Å². The minimum absolute atomic E-state index is 0. The van der Waals surface area contributed by atoms with Crippen molar-refractivity contribution in [2.24, 2.45) is 11.8 Å². The van der Waals surface area contributed by atoms with Crippen molar-refractivity contribution in [3.05, 3.63) is 92.8 Å². The zero-order valence-electron chi connectivity index (χ0n) is 26.8. The molecule has 4 heterocycles. The van der Waals surface area contributed by atoms with Crippen molar-refractivity contribution in [1.29, 1.82) is 0 Å². The fourth-order valence-electron chi connectivity index (χ4n) is 8.91. The van der Waals surface area contributed by atoms with E-state index in [2.05, 4.69) is 10.2 Å². The van der Waals surface area contributed by atoms with Gasteiger partial charge in [-0.05, 0) is 48.6 Å². The molecule has 1 aliphatic carbocycles. The van der Waals surface area contributed by atoms with Gasteiger partial charge >= 0.3 is 0 Å². The molecule has 1 aromatic heterocycles. The first-order valence-electron chi connectivity index (χ1n) is 16.6. The molecule has 1 amide bonds. The molecule has 0 unspecified atom stereocenters. The summed E-state index contributed by atoms with van der Waals surface area (Å²) in [4.78, 5) is 30.4. The number of hydrogen-bond acceptors (Lipinski definition) is 6. The molecule has 1 saturated carbocycles. The molecule has 3 aliphatic heterocycles. The van der Waals surface area contributed by atoms with E-state index in [1.807, 2.05) is 28.9 Å². The minimum atomic E-state index is -1.20. The Bertz CT molecular complexity index is 1940. The van der Waals surface area contributed by atoms with Crippen LogP contribution >= 0.6 is 23.2 Å². The van der Waals surface area contributed by atoms with Crippen molar-refractivity contribution in [3.8, 4) is 0 Å². The zero-order valence-corrected chi connectivity index (χ0v) is 28.4. The van der Waals surface area contributed by atoms with E-state index in [0.717, 1.165) is 35.9 Å². The van der Waals surface area contributed by atoms with Gasteiger partial charge in [0.05, 0.1) is 29.8 Å². The van der Waals surface area contributed by atoms with Crippen molar-refractivity contribution in [3.63, 3.8) is 0 Å². The van der Waals surface area contributed by atoms with Gasteiger partial charge in [-0.25, -0.2) is 4.39 Å². The van der Waals surface area contributed by atoms with Crippen molar-refractivity contribution in [2.45, 2.75) is 63.1 Å². The number of rotatable bonds is 10. The summed E-state index contributed by atoms with van der Waals surface area (Å²) in [6.07, 6.45) is 4.26. The number of anilines is 1. The Morgan fingerprint density at radius 2 is 1.88 bits per heavy atom. The standard InChI is InChI=1S/C37H37Cl2FN4O4.CH4/c1-47-18-21(19-48-2)13-32(45)22-9-11-24-28(14-22)42-44-30(24)16-31-35(44)33(25-7-4-8-27(39)34(25)40)37(43(31)17-20-5-3-6-20)26-12-10-23(38)15-29(26)41-36(37)46;/h4,7-12,14-15,20-21,31,33,35H,3,5-6,13,16-19H2,1-2H3,(H,41,46);1H4/t31-,33-,35+,37+;/m0./s1. The molecule has 2 fully saturated rings. The van der Waals surface area contributed by atoms with E-state index in [4.69, 9.17) is 37.8 Å². The predicted octanol–water partition coefficient (Wildman–Crippen LogP) is 7.81. The van der Waals surface area contributed by atoms with Gasteiger partial charge in [-0.15, -0.1) is 0 Å². The number of halogens is 3. The lowest BCUT2D eigenvalue weighted by Gasteiger charge is -2.43. The Balaban J connectivity index is 0.00000378. The molecule has 3 aromatic carbocycles. The van der Waals surface area contributed by atoms with Crippen LogP contribution in [0.2, 0.25) is 10.0 Å². The fourth-order valence-corrected chi connectivity index (χ4v) is 9.27. The van der Waals surface area contributed by atoms with Crippen LogP contribution in [0.25, 0.3) is 10.9 Å². The number of hydrogen-bond donors (Lipinski definition) is 1. The molecule has 49 heavy (non-hydrogen) atoms. The number of nitrogens with one attached hydrogen (secondary N) is 1. The number of nitrogens with zero attached hydrogens (tertiary/aromatic N) is 3. The average Bonchev–Trinajstić information content (AvgIpc) is 3.73. The van der Waals surface area contributed by atoms with Crippen LogP contribution < -0.4 is 5.32 Å². The van der Waals surface area contributed by atoms with E-state index < -0.39 is 17.3 Å². The van der Waals surface area contributed by atoms with Gasteiger partial charge in [-0.3, -0.25) is 19.2 Å². The second-order valence-electron chi connectivity index (χ2n) is 13.8. The van der Waals surface area contributed by atoms with Crippen molar-refractivity contribution in [1.82, 2.24) is 14.7 Å². The van der Waals surface area contributed by atoms with E-state index in [1.54, 1.807) is 44.6 Å². The molecule has 11 heteroatoms. The molecule has 4 aromatic rings. The van der Waals surface area contributed by atoms with Crippen molar-refractivity contribution < 1.29 is 23.5 Å². The average molecular weight is 708 g/mol. The maximum absolute atomic E-state index is 16.3. The van der Waals surface area contributed by atoms with Gasteiger partial charge in [0.15, 0.2) is 5.78 Å². The summed E-state index contributed by atoms with van der Waals surface area (Å²) in [6, 6.07) is 15.7. The van der Waals surface area contributed by atoms with E-state index in [1.165, 1.54) is 0 Å². The number of carbonyl (C=O) groups excluding carboxylic acids is 2. The fraction of sp³-hybridized carbons (Fsp3) is 0.447. The summed E-state index contributed by atoms with van der Waals surface area (Å²) < 4.78 is 28.9.